The van der Waals surface area contributed by atoms with Crippen molar-refractivity contribution in [1.82, 2.24) is 0 Å². The molecule has 1 heterocycles. The molecule has 1 aromatic heterocycles. The lowest BCUT2D eigenvalue weighted by molar-refractivity contribution is 0.492. The topological polar surface area (TPSA) is 13.1 Å². The second kappa shape index (κ2) is 3.24. The van der Waals surface area contributed by atoms with Crippen LogP contribution in [-0.4, -0.2) is 0 Å². The lowest BCUT2D eigenvalue weighted by Crippen LogP contribution is -2.11. The first-order chi connectivity index (χ1) is 8.43. The Morgan fingerprint density at radius 1 is 0.941 bits per heavy atom. The lowest BCUT2D eigenvalue weighted by Gasteiger charge is -2.23. The van der Waals surface area contributed by atoms with Crippen LogP contribution in [0.2, 0.25) is 0 Å². The zero-order valence-corrected chi connectivity index (χ0v) is 9.34. The molecular formula is C16H12O. The van der Waals surface area contributed by atoms with E-state index in [1.165, 1.54) is 10.9 Å². The normalized spacial score (nSPS) is 24.9. The van der Waals surface area contributed by atoms with Gasteiger partial charge < -0.3 is 4.42 Å². The molecule has 2 aliphatic carbocycles. The third-order valence-corrected chi connectivity index (χ3v) is 3.63. The highest BCUT2D eigenvalue weighted by Crippen LogP contribution is 2.42. The molecule has 0 fully saturated rings. The van der Waals surface area contributed by atoms with Gasteiger partial charge in [0.05, 0.1) is 0 Å². The van der Waals surface area contributed by atoms with Gasteiger partial charge in [-0.05, 0) is 6.07 Å². The van der Waals surface area contributed by atoms with Crippen molar-refractivity contribution in [3.05, 3.63) is 66.0 Å². The summed E-state index contributed by atoms with van der Waals surface area (Å²) in [6.45, 7) is 0. The molecule has 0 saturated carbocycles. The Kier molecular flexibility index (Phi) is 1.72. The van der Waals surface area contributed by atoms with Gasteiger partial charge in [-0.1, -0.05) is 54.7 Å². The number of hydrogen-bond donors (Lipinski definition) is 0. The first kappa shape index (κ1) is 9.06. The van der Waals surface area contributed by atoms with Crippen molar-refractivity contribution in [2.75, 3.05) is 0 Å². The van der Waals surface area contributed by atoms with Gasteiger partial charge in [-0.2, -0.15) is 0 Å². The van der Waals surface area contributed by atoms with Gasteiger partial charge in [0.25, 0.3) is 0 Å². The molecule has 0 bridgehead atoms. The summed E-state index contributed by atoms with van der Waals surface area (Å²) in [5.74, 6) is 1.93. The van der Waals surface area contributed by atoms with Crippen molar-refractivity contribution in [3.8, 4) is 0 Å². The van der Waals surface area contributed by atoms with Gasteiger partial charge in [-0.3, -0.25) is 0 Å². The molecule has 0 amide bonds. The maximum Gasteiger partial charge on any atom is 0.134 e. The van der Waals surface area contributed by atoms with Crippen molar-refractivity contribution in [2.24, 2.45) is 5.92 Å². The highest BCUT2D eigenvalue weighted by molar-refractivity contribution is 5.89. The van der Waals surface area contributed by atoms with Crippen LogP contribution in [0.15, 0.2) is 59.1 Å². The second-order valence-corrected chi connectivity index (χ2v) is 4.61. The average Bonchev–Trinajstić information content (AvgIpc) is 2.78. The number of allylic oxidation sites excluding steroid dienone is 5. The molecule has 2 unspecified atom stereocenters. The maximum absolute atomic E-state index is 6.02. The van der Waals surface area contributed by atoms with Crippen molar-refractivity contribution in [2.45, 2.75) is 5.92 Å². The highest BCUT2D eigenvalue weighted by Gasteiger charge is 2.28. The number of rotatable bonds is 0. The Bertz CT molecular complexity index is 670. The Hall–Kier alpha value is -2.02. The molecule has 1 nitrogen and oxygen atoms in total. The number of furan rings is 1. The summed E-state index contributed by atoms with van der Waals surface area (Å²) < 4.78 is 6.02. The van der Waals surface area contributed by atoms with E-state index >= 15 is 0 Å². The smallest absolute Gasteiger partial charge is 0.134 e. The SMILES string of the molecule is C1=CC2C=Cc3c(oc4ccccc34)C2C=C1. The van der Waals surface area contributed by atoms with Crippen LogP contribution in [0, 0.1) is 5.92 Å². The lowest BCUT2D eigenvalue weighted by atomic mass is 9.81. The first-order valence-corrected chi connectivity index (χ1v) is 5.98. The highest BCUT2D eigenvalue weighted by atomic mass is 16.3. The van der Waals surface area contributed by atoms with E-state index in [-0.39, 0.29) is 0 Å². The van der Waals surface area contributed by atoms with Crippen LogP contribution in [0.4, 0.5) is 0 Å². The maximum atomic E-state index is 6.02. The van der Waals surface area contributed by atoms with Crippen LogP contribution in [0.1, 0.15) is 17.2 Å². The fourth-order valence-electron chi connectivity index (χ4n) is 2.78. The van der Waals surface area contributed by atoms with E-state index in [9.17, 15) is 0 Å². The van der Waals surface area contributed by atoms with E-state index in [0.717, 1.165) is 11.3 Å². The van der Waals surface area contributed by atoms with Crippen LogP contribution >= 0.6 is 0 Å². The van der Waals surface area contributed by atoms with E-state index < -0.39 is 0 Å². The fraction of sp³-hybridized carbons (Fsp3) is 0.125. The average molecular weight is 220 g/mol. The summed E-state index contributed by atoms with van der Waals surface area (Å²) in [6.07, 6.45) is 13.2. The van der Waals surface area contributed by atoms with Crippen molar-refractivity contribution in [3.63, 3.8) is 0 Å². The molecule has 0 spiro atoms. The van der Waals surface area contributed by atoms with Gasteiger partial charge in [0.2, 0.25) is 0 Å². The van der Waals surface area contributed by atoms with Crippen LogP contribution in [0.25, 0.3) is 17.0 Å². The van der Waals surface area contributed by atoms with Crippen molar-refractivity contribution in [1.29, 1.82) is 0 Å². The predicted octanol–water partition coefficient (Wildman–Crippen LogP) is 4.29. The molecule has 82 valence electrons. The van der Waals surface area contributed by atoms with Crippen LogP contribution in [-0.2, 0) is 0 Å². The number of para-hydroxylation sites is 1. The van der Waals surface area contributed by atoms with E-state index in [0.29, 0.717) is 11.8 Å². The van der Waals surface area contributed by atoms with Gasteiger partial charge in [0.1, 0.15) is 11.3 Å². The van der Waals surface area contributed by atoms with Crippen LogP contribution in [0.5, 0.6) is 0 Å². The minimum absolute atomic E-state index is 0.368. The molecule has 4 rings (SSSR count). The van der Waals surface area contributed by atoms with Crippen molar-refractivity contribution < 1.29 is 4.42 Å². The van der Waals surface area contributed by atoms with E-state index in [2.05, 4.69) is 48.6 Å². The standard InChI is InChI=1S/C16H12O/c1-2-6-12-11(5-1)9-10-14-13-7-3-4-8-15(13)17-16(12)14/h1-12H. The molecule has 1 heteroatoms. The Morgan fingerprint density at radius 2 is 1.82 bits per heavy atom. The van der Waals surface area contributed by atoms with Gasteiger partial charge in [-0.25, -0.2) is 0 Å². The Balaban J connectivity index is 2.01. The molecule has 0 radical (unpaired) electrons. The first-order valence-electron chi connectivity index (χ1n) is 5.98. The molecule has 1 aromatic carbocycles. The zero-order chi connectivity index (χ0) is 11.2. The quantitative estimate of drug-likeness (QED) is 0.645. The minimum Gasteiger partial charge on any atom is -0.460 e. The summed E-state index contributed by atoms with van der Waals surface area (Å²) in [7, 11) is 0. The zero-order valence-electron chi connectivity index (χ0n) is 9.34. The summed E-state index contributed by atoms with van der Waals surface area (Å²) in [5.41, 5.74) is 2.24. The molecular weight excluding hydrogens is 208 g/mol. The van der Waals surface area contributed by atoms with E-state index in [1.54, 1.807) is 0 Å². The van der Waals surface area contributed by atoms with Gasteiger partial charge in [-0.15, -0.1) is 0 Å². The summed E-state index contributed by atoms with van der Waals surface area (Å²) >= 11 is 0. The molecule has 2 aliphatic rings. The third-order valence-electron chi connectivity index (χ3n) is 3.63. The summed E-state index contributed by atoms with van der Waals surface area (Å²) in [5, 5.41) is 1.22. The molecule has 2 atom stereocenters. The third kappa shape index (κ3) is 1.19. The fourth-order valence-corrected chi connectivity index (χ4v) is 2.78. The number of hydrogen-bond acceptors (Lipinski definition) is 1. The van der Waals surface area contributed by atoms with Gasteiger partial charge >= 0.3 is 0 Å². The summed E-state index contributed by atoms with van der Waals surface area (Å²) in [6, 6.07) is 8.26. The van der Waals surface area contributed by atoms with Crippen LogP contribution in [0.3, 0.4) is 0 Å². The van der Waals surface area contributed by atoms with Crippen LogP contribution < -0.4 is 0 Å². The molecule has 0 aliphatic heterocycles. The minimum atomic E-state index is 0.368. The monoisotopic (exact) mass is 220 g/mol. The largest absolute Gasteiger partial charge is 0.460 e. The number of benzene rings is 1. The Labute approximate surface area is 99.7 Å². The molecule has 0 saturated heterocycles. The molecule has 2 aromatic rings. The number of fused-ring (bicyclic) bond motifs is 5. The Morgan fingerprint density at radius 3 is 2.82 bits per heavy atom. The molecule has 17 heavy (non-hydrogen) atoms. The summed E-state index contributed by atoms with van der Waals surface area (Å²) in [4.78, 5) is 0. The van der Waals surface area contributed by atoms with Gasteiger partial charge in [0.15, 0.2) is 0 Å². The van der Waals surface area contributed by atoms with Gasteiger partial charge in [0, 0.05) is 22.8 Å². The van der Waals surface area contributed by atoms with E-state index in [1.807, 2.05) is 12.1 Å². The second-order valence-electron chi connectivity index (χ2n) is 4.61. The van der Waals surface area contributed by atoms with E-state index in [4.69, 9.17) is 4.42 Å². The van der Waals surface area contributed by atoms with Crippen molar-refractivity contribution >= 4 is 17.0 Å². The predicted molar refractivity (Wildman–Crippen MR) is 69.8 cm³/mol. The molecule has 0 N–H and O–H groups in total.